The first-order valence-electron chi connectivity index (χ1n) is 10.8. The Bertz CT molecular complexity index is 858. The minimum atomic E-state index is 0.0813. The van der Waals surface area contributed by atoms with Crippen LogP contribution in [-0.4, -0.2) is 50.0 Å². The third-order valence-electron chi connectivity index (χ3n) is 6.07. The van der Waals surface area contributed by atoms with E-state index in [0.29, 0.717) is 18.9 Å². The molecular formula is C23H31N5OS. The van der Waals surface area contributed by atoms with Gasteiger partial charge in [0.1, 0.15) is 0 Å². The van der Waals surface area contributed by atoms with Gasteiger partial charge < -0.3 is 16.0 Å². The van der Waals surface area contributed by atoms with Crippen LogP contribution in [0.5, 0.6) is 0 Å². The molecule has 160 valence electrons. The largest absolute Gasteiger partial charge is 0.356 e. The van der Waals surface area contributed by atoms with Crippen LogP contribution in [0.15, 0.2) is 46.8 Å². The summed E-state index contributed by atoms with van der Waals surface area (Å²) in [5, 5.41) is 12.0. The lowest BCUT2D eigenvalue weighted by Crippen LogP contribution is -2.44. The van der Waals surface area contributed by atoms with Crippen LogP contribution in [0.4, 0.5) is 5.69 Å². The maximum atomic E-state index is 12.0. The zero-order valence-electron chi connectivity index (χ0n) is 17.6. The molecule has 1 fully saturated rings. The van der Waals surface area contributed by atoms with Crippen LogP contribution in [-0.2, 0) is 11.3 Å². The predicted molar refractivity (Wildman–Crippen MR) is 124 cm³/mol. The van der Waals surface area contributed by atoms with Gasteiger partial charge in [-0.15, -0.1) is 11.3 Å². The Morgan fingerprint density at radius 3 is 2.73 bits per heavy atom. The van der Waals surface area contributed by atoms with E-state index in [1.54, 1.807) is 7.05 Å². The lowest BCUT2D eigenvalue weighted by atomic mass is 9.90. The quantitative estimate of drug-likeness (QED) is 0.491. The number of carbonyl (C=O) groups is 1. The summed E-state index contributed by atoms with van der Waals surface area (Å²) in [6.07, 6.45) is 2.93. The van der Waals surface area contributed by atoms with Crippen molar-refractivity contribution in [3.05, 3.63) is 52.2 Å². The zero-order chi connectivity index (χ0) is 20.8. The number of nitrogens with one attached hydrogen (secondary N) is 3. The lowest BCUT2D eigenvalue weighted by Gasteiger charge is -2.32. The van der Waals surface area contributed by atoms with Crippen LogP contribution < -0.4 is 16.0 Å². The minimum absolute atomic E-state index is 0.0813. The molecule has 3 heterocycles. The Labute approximate surface area is 182 Å². The van der Waals surface area contributed by atoms with Gasteiger partial charge in [0.05, 0.1) is 0 Å². The Morgan fingerprint density at radius 1 is 1.17 bits per heavy atom. The second-order valence-electron chi connectivity index (χ2n) is 8.17. The summed E-state index contributed by atoms with van der Waals surface area (Å²) in [6, 6.07) is 12.4. The maximum Gasteiger partial charge on any atom is 0.225 e. The molecule has 2 aliphatic heterocycles. The summed E-state index contributed by atoms with van der Waals surface area (Å²) >= 11 is 1.84. The van der Waals surface area contributed by atoms with Crippen LogP contribution in [0.2, 0.25) is 0 Å². The summed E-state index contributed by atoms with van der Waals surface area (Å²) in [4.78, 5) is 20.4. The molecular weight excluding hydrogens is 394 g/mol. The third kappa shape index (κ3) is 5.40. The highest BCUT2D eigenvalue weighted by atomic mass is 32.1. The number of nitrogens with zero attached hydrogens (tertiary/aromatic N) is 2. The smallest absolute Gasteiger partial charge is 0.225 e. The minimum Gasteiger partial charge on any atom is -0.356 e. The molecule has 1 unspecified atom stereocenters. The van der Waals surface area contributed by atoms with Crippen LogP contribution in [0, 0.1) is 5.92 Å². The van der Waals surface area contributed by atoms with Crippen molar-refractivity contribution in [1.82, 2.24) is 15.5 Å². The number of benzene rings is 1. The fourth-order valence-electron chi connectivity index (χ4n) is 4.34. The van der Waals surface area contributed by atoms with Crippen molar-refractivity contribution < 1.29 is 4.79 Å². The number of piperidine rings is 1. The maximum absolute atomic E-state index is 12.0. The fraction of sp³-hybridized carbons (Fsp3) is 0.478. The van der Waals surface area contributed by atoms with E-state index >= 15 is 0 Å². The van der Waals surface area contributed by atoms with Crippen molar-refractivity contribution in [2.75, 3.05) is 38.5 Å². The normalized spacial score (nSPS) is 20.5. The molecule has 2 aromatic rings. The molecule has 2 aliphatic rings. The van der Waals surface area contributed by atoms with Crippen molar-refractivity contribution in [3.63, 3.8) is 0 Å². The van der Waals surface area contributed by atoms with E-state index in [1.807, 2.05) is 29.5 Å². The Morgan fingerprint density at radius 2 is 1.97 bits per heavy atom. The number of rotatable bonds is 6. The van der Waals surface area contributed by atoms with E-state index in [0.717, 1.165) is 37.8 Å². The molecule has 0 aliphatic carbocycles. The number of para-hydroxylation sites is 1. The van der Waals surface area contributed by atoms with Gasteiger partial charge in [0.25, 0.3) is 0 Å². The van der Waals surface area contributed by atoms with E-state index in [2.05, 4.69) is 49.4 Å². The molecule has 0 radical (unpaired) electrons. The summed E-state index contributed by atoms with van der Waals surface area (Å²) in [7, 11) is 1.81. The summed E-state index contributed by atoms with van der Waals surface area (Å²) in [5.41, 5.74) is 2.12. The SMILES string of the molecule is CN=C(NCC1CCN(Cc2cccs2)CC1)NCC1CC(=O)Nc2ccccc21. The average molecular weight is 426 g/mol. The van der Waals surface area contributed by atoms with Gasteiger partial charge in [-0.05, 0) is 54.9 Å². The molecule has 0 bridgehead atoms. The molecule has 0 spiro atoms. The molecule has 30 heavy (non-hydrogen) atoms. The van der Waals surface area contributed by atoms with Crippen molar-refractivity contribution in [2.45, 2.75) is 31.7 Å². The zero-order valence-corrected chi connectivity index (χ0v) is 18.4. The number of hydrogen-bond acceptors (Lipinski definition) is 4. The third-order valence-corrected chi connectivity index (χ3v) is 6.93. The van der Waals surface area contributed by atoms with Gasteiger partial charge in [0.2, 0.25) is 5.91 Å². The van der Waals surface area contributed by atoms with E-state index in [9.17, 15) is 4.79 Å². The molecule has 3 N–H and O–H groups in total. The molecule has 1 saturated heterocycles. The van der Waals surface area contributed by atoms with Crippen LogP contribution >= 0.6 is 11.3 Å². The predicted octanol–water partition coefficient (Wildman–Crippen LogP) is 3.25. The molecule has 7 heteroatoms. The number of anilines is 1. The number of aliphatic imine (C=N–C) groups is 1. The number of guanidine groups is 1. The average Bonchev–Trinajstić information content (AvgIpc) is 3.28. The summed E-state index contributed by atoms with van der Waals surface area (Å²) < 4.78 is 0. The second kappa shape index (κ2) is 10.1. The summed E-state index contributed by atoms with van der Waals surface area (Å²) in [5.74, 6) is 1.73. The highest BCUT2D eigenvalue weighted by Crippen LogP contribution is 2.31. The topological polar surface area (TPSA) is 68.8 Å². The number of carbonyl (C=O) groups excluding carboxylic acids is 1. The van der Waals surface area contributed by atoms with Gasteiger partial charge in [0, 0.05) is 49.6 Å². The van der Waals surface area contributed by atoms with Crippen molar-refractivity contribution in [2.24, 2.45) is 10.9 Å². The highest BCUT2D eigenvalue weighted by Gasteiger charge is 2.25. The first kappa shape index (κ1) is 20.9. The van der Waals surface area contributed by atoms with Gasteiger partial charge in [0.15, 0.2) is 5.96 Å². The molecule has 1 aromatic heterocycles. The summed E-state index contributed by atoms with van der Waals surface area (Å²) in [6.45, 7) is 5.03. The number of hydrogen-bond donors (Lipinski definition) is 3. The fourth-order valence-corrected chi connectivity index (χ4v) is 5.08. The first-order chi connectivity index (χ1) is 14.7. The Kier molecular flexibility index (Phi) is 7.02. The lowest BCUT2D eigenvalue weighted by molar-refractivity contribution is -0.116. The Balaban J connectivity index is 1.21. The van der Waals surface area contributed by atoms with Crippen LogP contribution in [0.25, 0.3) is 0 Å². The molecule has 1 aromatic carbocycles. The molecule has 1 amide bonds. The highest BCUT2D eigenvalue weighted by molar-refractivity contribution is 7.09. The van der Waals surface area contributed by atoms with E-state index < -0.39 is 0 Å². The van der Waals surface area contributed by atoms with Gasteiger partial charge in [-0.25, -0.2) is 0 Å². The van der Waals surface area contributed by atoms with Crippen LogP contribution in [0.1, 0.15) is 35.6 Å². The first-order valence-corrected chi connectivity index (χ1v) is 11.7. The van der Waals surface area contributed by atoms with Gasteiger partial charge in [-0.2, -0.15) is 0 Å². The van der Waals surface area contributed by atoms with Crippen molar-refractivity contribution in [1.29, 1.82) is 0 Å². The monoisotopic (exact) mass is 425 g/mol. The van der Waals surface area contributed by atoms with E-state index in [1.165, 1.54) is 23.3 Å². The van der Waals surface area contributed by atoms with Crippen molar-refractivity contribution >= 4 is 28.9 Å². The van der Waals surface area contributed by atoms with E-state index in [-0.39, 0.29) is 11.8 Å². The number of amides is 1. The van der Waals surface area contributed by atoms with Crippen molar-refractivity contribution in [3.8, 4) is 0 Å². The van der Waals surface area contributed by atoms with Crippen LogP contribution in [0.3, 0.4) is 0 Å². The van der Waals surface area contributed by atoms with Gasteiger partial charge >= 0.3 is 0 Å². The molecule has 4 rings (SSSR count). The number of fused-ring (bicyclic) bond motifs is 1. The molecule has 1 atom stereocenters. The van der Waals surface area contributed by atoms with E-state index in [4.69, 9.17) is 0 Å². The second-order valence-corrected chi connectivity index (χ2v) is 9.20. The number of thiophene rings is 1. The standard InChI is InChI=1S/C23H31N5OS/c1-24-23(26-15-18-13-22(29)27-21-7-3-2-6-20(18)21)25-14-17-8-10-28(11-9-17)16-19-5-4-12-30-19/h2-7,12,17-18H,8-11,13-16H2,1H3,(H,27,29)(H2,24,25,26). The van der Waals surface area contributed by atoms with Gasteiger partial charge in [-0.1, -0.05) is 24.3 Å². The molecule has 0 saturated carbocycles. The van der Waals surface area contributed by atoms with Gasteiger partial charge in [-0.3, -0.25) is 14.7 Å². The Hall–Kier alpha value is -2.38. The molecule has 6 nitrogen and oxygen atoms in total. The number of likely N-dealkylation sites (tertiary alicyclic amines) is 1.